The summed E-state index contributed by atoms with van der Waals surface area (Å²) in [5.41, 5.74) is 2.70. The van der Waals surface area contributed by atoms with Crippen LogP contribution in [0.5, 0.6) is 0 Å². The maximum Gasteiger partial charge on any atom is 0.0454 e. The average molecular weight is 330 g/mol. The Hall–Kier alpha value is -0.740. The van der Waals surface area contributed by atoms with Crippen LogP contribution in [-0.2, 0) is 0 Å². The second kappa shape index (κ2) is 8.64. The van der Waals surface area contributed by atoms with E-state index in [0.717, 1.165) is 26.2 Å². The number of fused-ring (bicyclic) bond motifs is 1. The van der Waals surface area contributed by atoms with Crippen molar-refractivity contribution in [2.24, 2.45) is 0 Å². The molecule has 5 heteroatoms. The highest BCUT2D eigenvalue weighted by molar-refractivity contribution is 5.85. The van der Waals surface area contributed by atoms with Crippen molar-refractivity contribution in [3.8, 4) is 0 Å². The topological polar surface area (TPSA) is 31.1 Å². The molecule has 1 aliphatic rings. The van der Waals surface area contributed by atoms with Crippen LogP contribution in [0.4, 0.5) is 0 Å². The lowest BCUT2D eigenvalue weighted by atomic mass is 9.98. The Morgan fingerprint density at radius 3 is 2.62 bits per heavy atom. The van der Waals surface area contributed by atoms with E-state index in [9.17, 15) is 0 Å². The van der Waals surface area contributed by atoms with Gasteiger partial charge in [0.05, 0.1) is 0 Å². The summed E-state index contributed by atoms with van der Waals surface area (Å²) >= 11 is 0. The summed E-state index contributed by atoms with van der Waals surface area (Å²) < 4.78 is 0. The van der Waals surface area contributed by atoms with Gasteiger partial charge in [0.1, 0.15) is 0 Å². The van der Waals surface area contributed by atoms with Crippen molar-refractivity contribution >= 4 is 35.7 Å². The molecule has 0 bridgehead atoms. The third-order valence-electron chi connectivity index (χ3n) is 4.12. The monoisotopic (exact) mass is 329 g/mol. The molecular weight excluding hydrogens is 305 g/mol. The smallest absolute Gasteiger partial charge is 0.0454 e. The predicted octanol–water partition coefficient (Wildman–Crippen LogP) is 3.76. The highest BCUT2D eigenvalue weighted by Crippen LogP contribution is 2.28. The highest BCUT2D eigenvalue weighted by atomic mass is 35.5. The number of halogens is 2. The molecule has 1 atom stereocenters. The zero-order valence-corrected chi connectivity index (χ0v) is 14.1. The van der Waals surface area contributed by atoms with Gasteiger partial charge in [0.15, 0.2) is 0 Å². The van der Waals surface area contributed by atoms with Crippen LogP contribution in [0.1, 0.15) is 31.4 Å². The molecule has 2 N–H and O–H groups in total. The lowest BCUT2D eigenvalue weighted by molar-refractivity contribution is 0.165. The lowest BCUT2D eigenvalue weighted by Crippen LogP contribution is -2.45. The predicted molar refractivity (Wildman–Crippen MR) is 94.9 cm³/mol. The first-order valence-electron chi connectivity index (χ1n) is 7.40. The molecule has 3 rings (SSSR count). The SMILES string of the molecule is CCC[C@@H](c1ccc2[nH]ccc2c1)N1CCNCC1.Cl.Cl. The molecular formula is C16H25Cl2N3. The van der Waals surface area contributed by atoms with E-state index in [1.165, 1.54) is 29.3 Å². The summed E-state index contributed by atoms with van der Waals surface area (Å²) in [6.07, 6.45) is 4.50. The zero-order chi connectivity index (χ0) is 13.1. The minimum atomic E-state index is 0. The van der Waals surface area contributed by atoms with E-state index in [2.05, 4.69) is 46.4 Å². The number of hydrogen-bond acceptors (Lipinski definition) is 2. The molecule has 1 aromatic carbocycles. The summed E-state index contributed by atoms with van der Waals surface area (Å²) in [7, 11) is 0. The van der Waals surface area contributed by atoms with Crippen molar-refractivity contribution in [1.82, 2.24) is 15.2 Å². The summed E-state index contributed by atoms with van der Waals surface area (Å²) in [5.74, 6) is 0. The van der Waals surface area contributed by atoms with E-state index in [-0.39, 0.29) is 24.8 Å². The van der Waals surface area contributed by atoms with Crippen LogP contribution in [-0.4, -0.2) is 36.1 Å². The molecule has 0 aliphatic carbocycles. The van der Waals surface area contributed by atoms with E-state index < -0.39 is 0 Å². The number of hydrogen-bond donors (Lipinski definition) is 2. The Bertz CT molecular complexity index is 535. The largest absolute Gasteiger partial charge is 0.361 e. The fourth-order valence-electron chi connectivity index (χ4n) is 3.11. The number of benzene rings is 1. The van der Waals surface area contributed by atoms with Gasteiger partial charge in [-0.2, -0.15) is 0 Å². The van der Waals surface area contributed by atoms with Crippen LogP contribution in [0.15, 0.2) is 30.5 Å². The van der Waals surface area contributed by atoms with Crippen molar-refractivity contribution in [2.75, 3.05) is 26.2 Å². The van der Waals surface area contributed by atoms with Gasteiger partial charge in [-0.1, -0.05) is 19.4 Å². The summed E-state index contributed by atoms with van der Waals surface area (Å²) in [6.45, 7) is 6.84. The molecule has 0 saturated carbocycles. The molecule has 0 spiro atoms. The Labute approximate surface area is 139 Å². The number of piperazine rings is 1. The fourth-order valence-corrected chi connectivity index (χ4v) is 3.11. The average Bonchev–Trinajstić information content (AvgIpc) is 2.93. The van der Waals surface area contributed by atoms with Gasteiger partial charge in [-0.15, -0.1) is 24.8 Å². The van der Waals surface area contributed by atoms with Crippen molar-refractivity contribution in [3.63, 3.8) is 0 Å². The maximum absolute atomic E-state index is 3.44. The molecule has 1 fully saturated rings. The Kier molecular flexibility index (Phi) is 7.53. The first-order valence-corrected chi connectivity index (χ1v) is 7.40. The zero-order valence-electron chi connectivity index (χ0n) is 12.5. The Morgan fingerprint density at radius 2 is 1.90 bits per heavy atom. The van der Waals surface area contributed by atoms with E-state index in [1.54, 1.807) is 0 Å². The van der Waals surface area contributed by atoms with Crippen molar-refractivity contribution < 1.29 is 0 Å². The molecule has 0 unspecified atom stereocenters. The highest BCUT2D eigenvalue weighted by Gasteiger charge is 2.21. The van der Waals surface area contributed by atoms with Crippen LogP contribution in [0.2, 0.25) is 0 Å². The standard InChI is InChI=1S/C16H23N3.2ClH/c1-2-3-16(19-10-8-17-9-11-19)14-4-5-15-13(12-14)6-7-18-15;;/h4-7,12,16-18H,2-3,8-11H2,1H3;2*1H/t16-;;/m0../s1. The molecule has 1 saturated heterocycles. The molecule has 3 nitrogen and oxygen atoms in total. The molecule has 0 radical (unpaired) electrons. The van der Waals surface area contributed by atoms with Gasteiger partial charge in [0.25, 0.3) is 0 Å². The Morgan fingerprint density at radius 1 is 1.14 bits per heavy atom. The van der Waals surface area contributed by atoms with Gasteiger partial charge in [-0.3, -0.25) is 4.90 Å². The minimum Gasteiger partial charge on any atom is -0.361 e. The van der Waals surface area contributed by atoms with Gasteiger partial charge in [-0.05, 0) is 35.6 Å². The van der Waals surface area contributed by atoms with Crippen LogP contribution >= 0.6 is 24.8 Å². The van der Waals surface area contributed by atoms with E-state index in [0.29, 0.717) is 6.04 Å². The summed E-state index contributed by atoms with van der Waals surface area (Å²) in [5, 5.41) is 4.77. The molecule has 118 valence electrons. The number of aromatic amines is 1. The molecule has 1 aliphatic heterocycles. The molecule has 0 amide bonds. The molecule has 21 heavy (non-hydrogen) atoms. The van der Waals surface area contributed by atoms with Gasteiger partial charge in [-0.25, -0.2) is 0 Å². The van der Waals surface area contributed by atoms with Crippen LogP contribution in [0.3, 0.4) is 0 Å². The van der Waals surface area contributed by atoms with Gasteiger partial charge in [0, 0.05) is 43.9 Å². The fraction of sp³-hybridized carbons (Fsp3) is 0.500. The lowest BCUT2D eigenvalue weighted by Gasteiger charge is -2.35. The number of rotatable bonds is 4. The second-order valence-electron chi connectivity index (χ2n) is 5.41. The minimum absolute atomic E-state index is 0. The van der Waals surface area contributed by atoms with E-state index >= 15 is 0 Å². The van der Waals surface area contributed by atoms with E-state index in [4.69, 9.17) is 0 Å². The van der Waals surface area contributed by atoms with Crippen LogP contribution in [0, 0.1) is 0 Å². The normalized spacial score (nSPS) is 17.0. The third-order valence-corrected chi connectivity index (χ3v) is 4.12. The Balaban J connectivity index is 0.00000110. The number of nitrogens with one attached hydrogen (secondary N) is 2. The summed E-state index contributed by atoms with van der Waals surface area (Å²) in [4.78, 5) is 5.91. The van der Waals surface area contributed by atoms with Crippen molar-refractivity contribution in [2.45, 2.75) is 25.8 Å². The van der Waals surface area contributed by atoms with Gasteiger partial charge < -0.3 is 10.3 Å². The molecule has 2 heterocycles. The first-order chi connectivity index (χ1) is 9.38. The quantitative estimate of drug-likeness (QED) is 0.894. The number of aromatic nitrogens is 1. The third kappa shape index (κ3) is 4.13. The van der Waals surface area contributed by atoms with Gasteiger partial charge >= 0.3 is 0 Å². The van der Waals surface area contributed by atoms with Crippen LogP contribution in [0.25, 0.3) is 10.9 Å². The maximum atomic E-state index is 3.44. The molecule has 2 aromatic rings. The second-order valence-corrected chi connectivity index (χ2v) is 5.41. The van der Waals surface area contributed by atoms with Crippen molar-refractivity contribution in [3.05, 3.63) is 36.0 Å². The number of H-pyrrole nitrogens is 1. The number of nitrogens with zero attached hydrogens (tertiary/aromatic N) is 1. The summed E-state index contributed by atoms with van der Waals surface area (Å²) in [6, 6.07) is 9.61. The van der Waals surface area contributed by atoms with Crippen LogP contribution < -0.4 is 5.32 Å². The molecule has 1 aromatic heterocycles. The van der Waals surface area contributed by atoms with E-state index in [1.807, 2.05) is 6.20 Å². The first kappa shape index (κ1) is 18.3. The van der Waals surface area contributed by atoms with Crippen molar-refractivity contribution in [1.29, 1.82) is 0 Å². The van der Waals surface area contributed by atoms with Gasteiger partial charge in [0.2, 0.25) is 0 Å².